The number of benzene rings is 2. The van der Waals surface area contributed by atoms with E-state index in [1.807, 2.05) is 41.1 Å². The predicted octanol–water partition coefficient (Wildman–Crippen LogP) is 4.56. The molecule has 0 radical (unpaired) electrons. The van der Waals surface area contributed by atoms with E-state index >= 15 is 0 Å². The third-order valence-corrected chi connectivity index (χ3v) is 6.29. The minimum absolute atomic E-state index is 0.193. The third-order valence-electron chi connectivity index (χ3n) is 3.90. The molecule has 0 amide bonds. The predicted molar refractivity (Wildman–Crippen MR) is 106 cm³/mol. The zero-order chi connectivity index (χ0) is 18.1. The molecule has 0 fully saturated rings. The van der Waals surface area contributed by atoms with Crippen LogP contribution < -0.4 is 4.72 Å². The molecule has 0 spiro atoms. The van der Waals surface area contributed by atoms with E-state index in [2.05, 4.69) is 25.6 Å². The first-order valence-electron chi connectivity index (χ1n) is 7.84. The minimum atomic E-state index is -3.69. The molecule has 0 aliphatic heterocycles. The Labute approximate surface area is 159 Å². The average Bonchev–Trinajstić information content (AvgIpc) is 3.06. The summed E-state index contributed by atoms with van der Waals surface area (Å²) in [7, 11) is -3.69. The van der Waals surface area contributed by atoms with Crippen molar-refractivity contribution in [3.8, 4) is 11.3 Å². The highest BCUT2D eigenvalue weighted by Crippen LogP contribution is 2.26. The number of hydrogen-bond acceptors (Lipinski definition) is 3. The Bertz CT molecular complexity index is 1170. The largest absolute Gasteiger partial charge is 0.306 e. The topological polar surface area (TPSA) is 63.5 Å². The van der Waals surface area contributed by atoms with Crippen LogP contribution in [-0.4, -0.2) is 17.8 Å². The number of pyridine rings is 1. The molecule has 0 saturated heterocycles. The molecule has 5 nitrogen and oxygen atoms in total. The fraction of sp³-hybridized carbons (Fsp3) is 0. The first kappa shape index (κ1) is 16.8. The van der Waals surface area contributed by atoms with Gasteiger partial charge in [-0.2, -0.15) is 0 Å². The van der Waals surface area contributed by atoms with E-state index in [1.165, 1.54) is 0 Å². The Kier molecular flexibility index (Phi) is 4.26. The molecule has 2 aromatic carbocycles. The molecule has 2 aromatic heterocycles. The van der Waals surface area contributed by atoms with Crippen molar-refractivity contribution in [1.29, 1.82) is 0 Å². The molecule has 0 atom stereocenters. The van der Waals surface area contributed by atoms with Gasteiger partial charge in [-0.1, -0.05) is 30.3 Å². The van der Waals surface area contributed by atoms with E-state index in [4.69, 9.17) is 0 Å². The molecule has 2 heterocycles. The number of hydrogen-bond donors (Lipinski definition) is 1. The number of sulfonamides is 1. The van der Waals surface area contributed by atoms with E-state index in [1.54, 1.807) is 42.5 Å². The van der Waals surface area contributed by atoms with Gasteiger partial charge < -0.3 is 4.40 Å². The zero-order valence-electron chi connectivity index (χ0n) is 13.5. The van der Waals surface area contributed by atoms with Gasteiger partial charge in [0.25, 0.3) is 10.0 Å². The van der Waals surface area contributed by atoms with Gasteiger partial charge in [0.05, 0.1) is 5.69 Å². The van der Waals surface area contributed by atoms with Gasteiger partial charge in [-0.15, -0.1) is 0 Å². The van der Waals surface area contributed by atoms with Crippen LogP contribution >= 0.6 is 15.9 Å². The highest BCUT2D eigenvalue weighted by atomic mass is 79.9. The van der Waals surface area contributed by atoms with Gasteiger partial charge in [0.2, 0.25) is 0 Å². The maximum Gasteiger partial charge on any atom is 0.263 e. The molecule has 4 aromatic rings. The smallest absolute Gasteiger partial charge is 0.263 e. The van der Waals surface area contributed by atoms with Crippen molar-refractivity contribution < 1.29 is 8.42 Å². The van der Waals surface area contributed by atoms with Crippen LogP contribution in [0.1, 0.15) is 0 Å². The molecule has 0 bridgehead atoms. The Hall–Kier alpha value is -2.64. The number of anilines is 1. The van der Waals surface area contributed by atoms with Crippen LogP contribution in [0.5, 0.6) is 0 Å². The van der Waals surface area contributed by atoms with Crippen molar-refractivity contribution in [2.75, 3.05) is 4.72 Å². The number of halogens is 1. The van der Waals surface area contributed by atoms with Gasteiger partial charge in [-0.3, -0.25) is 4.72 Å². The monoisotopic (exact) mass is 427 g/mol. The van der Waals surface area contributed by atoms with E-state index in [-0.39, 0.29) is 4.90 Å². The van der Waals surface area contributed by atoms with E-state index in [0.29, 0.717) is 10.2 Å². The third kappa shape index (κ3) is 3.23. The number of nitrogens with zero attached hydrogens (tertiary/aromatic N) is 2. The number of nitrogens with one attached hydrogen (secondary N) is 1. The van der Waals surface area contributed by atoms with Crippen LogP contribution in [-0.2, 0) is 10.0 Å². The van der Waals surface area contributed by atoms with Gasteiger partial charge in [-0.25, -0.2) is 13.4 Å². The average molecular weight is 428 g/mol. The molecule has 0 aliphatic rings. The van der Waals surface area contributed by atoms with E-state index in [0.717, 1.165) is 16.9 Å². The summed E-state index contributed by atoms with van der Waals surface area (Å²) in [5, 5.41) is 0. The van der Waals surface area contributed by atoms with Crippen molar-refractivity contribution in [3.05, 3.63) is 83.6 Å². The van der Waals surface area contributed by atoms with Crippen molar-refractivity contribution >= 4 is 37.3 Å². The molecular weight excluding hydrogens is 414 g/mol. The molecular formula is C19H14BrN3O2S. The molecule has 26 heavy (non-hydrogen) atoms. The molecule has 4 rings (SSSR count). The fourth-order valence-corrected chi connectivity index (χ4v) is 4.74. The Morgan fingerprint density at radius 1 is 0.962 bits per heavy atom. The summed E-state index contributed by atoms with van der Waals surface area (Å²) in [5.74, 6) is 0. The molecule has 7 heteroatoms. The second-order valence-corrected chi connectivity index (χ2v) is 8.21. The van der Waals surface area contributed by atoms with Crippen LogP contribution in [0.2, 0.25) is 0 Å². The number of imidazole rings is 1. The lowest BCUT2D eigenvalue weighted by atomic mass is 10.1. The quantitative estimate of drug-likeness (QED) is 0.518. The van der Waals surface area contributed by atoms with Gasteiger partial charge in [0, 0.05) is 28.1 Å². The molecule has 0 aliphatic carbocycles. The maximum absolute atomic E-state index is 12.7. The lowest BCUT2D eigenvalue weighted by molar-refractivity contribution is 0.601. The van der Waals surface area contributed by atoms with Gasteiger partial charge in [-0.05, 0) is 52.3 Å². The van der Waals surface area contributed by atoms with Gasteiger partial charge >= 0.3 is 0 Å². The van der Waals surface area contributed by atoms with Crippen LogP contribution in [0.3, 0.4) is 0 Å². The second kappa shape index (κ2) is 6.59. The second-order valence-electron chi connectivity index (χ2n) is 5.71. The van der Waals surface area contributed by atoms with Crippen molar-refractivity contribution in [2.45, 2.75) is 4.90 Å². The summed E-state index contributed by atoms with van der Waals surface area (Å²) in [4.78, 5) is 4.76. The fourth-order valence-electron chi connectivity index (χ4n) is 2.69. The van der Waals surface area contributed by atoms with Crippen LogP contribution in [0.25, 0.3) is 16.9 Å². The first-order chi connectivity index (χ1) is 12.5. The van der Waals surface area contributed by atoms with Crippen molar-refractivity contribution in [1.82, 2.24) is 9.38 Å². The Morgan fingerprint density at radius 3 is 2.58 bits per heavy atom. The summed E-state index contributed by atoms with van der Waals surface area (Å²) < 4.78 is 30.4. The standard InChI is InChI=1S/C19H14BrN3O2S/c20-16-8-1-2-9-18(16)26(24,25)22-15-7-5-6-14(12-15)17-13-23-11-4-3-10-19(23)21-17/h1-13,22H. The first-order valence-corrected chi connectivity index (χ1v) is 10.1. The van der Waals surface area contributed by atoms with Gasteiger partial charge in [0.15, 0.2) is 0 Å². The zero-order valence-corrected chi connectivity index (χ0v) is 15.9. The molecule has 0 saturated carbocycles. The summed E-state index contributed by atoms with van der Waals surface area (Å²) in [6, 6.07) is 19.7. The summed E-state index contributed by atoms with van der Waals surface area (Å²) in [6.45, 7) is 0. The number of aromatic nitrogens is 2. The van der Waals surface area contributed by atoms with Gasteiger partial charge in [0.1, 0.15) is 10.5 Å². The maximum atomic E-state index is 12.7. The highest BCUT2D eigenvalue weighted by Gasteiger charge is 2.17. The lowest BCUT2D eigenvalue weighted by Gasteiger charge is -2.10. The highest BCUT2D eigenvalue weighted by molar-refractivity contribution is 9.10. The number of fused-ring (bicyclic) bond motifs is 1. The van der Waals surface area contributed by atoms with Crippen LogP contribution in [0, 0.1) is 0 Å². The summed E-state index contributed by atoms with van der Waals surface area (Å²) >= 11 is 3.28. The molecule has 1 N–H and O–H groups in total. The molecule has 0 unspecified atom stereocenters. The van der Waals surface area contributed by atoms with Crippen molar-refractivity contribution in [3.63, 3.8) is 0 Å². The van der Waals surface area contributed by atoms with E-state index in [9.17, 15) is 8.42 Å². The summed E-state index contributed by atoms with van der Waals surface area (Å²) in [5.41, 5.74) is 2.93. The van der Waals surface area contributed by atoms with Crippen molar-refractivity contribution in [2.24, 2.45) is 0 Å². The lowest BCUT2D eigenvalue weighted by Crippen LogP contribution is -2.13. The van der Waals surface area contributed by atoms with E-state index < -0.39 is 10.0 Å². The number of rotatable bonds is 4. The summed E-state index contributed by atoms with van der Waals surface area (Å²) in [6.07, 6.45) is 3.84. The molecule has 130 valence electrons. The van der Waals surface area contributed by atoms with Crippen LogP contribution in [0.15, 0.2) is 88.5 Å². The minimum Gasteiger partial charge on any atom is -0.306 e. The normalized spacial score (nSPS) is 11.6. The Morgan fingerprint density at radius 2 is 1.77 bits per heavy atom. The SMILES string of the molecule is O=S(=O)(Nc1cccc(-c2cn3ccccc3n2)c1)c1ccccc1Br. The van der Waals surface area contributed by atoms with Crippen LogP contribution in [0.4, 0.5) is 5.69 Å². The Balaban J connectivity index is 1.69.